The van der Waals surface area contributed by atoms with Crippen LogP contribution in [0.3, 0.4) is 0 Å². The number of nitrogens with one attached hydrogen (secondary N) is 2. The van der Waals surface area contributed by atoms with Gasteiger partial charge in [-0.25, -0.2) is 0 Å². The molecule has 0 aromatic carbocycles. The fourth-order valence-electron chi connectivity index (χ4n) is 1.55. The number of anilines is 2. The van der Waals surface area contributed by atoms with Crippen LogP contribution in [0.1, 0.15) is 12.8 Å². The van der Waals surface area contributed by atoms with E-state index in [1.54, 1.807) is 7.05 Å². The predicted molar refractivity (Wildman–Crippen MR) is 68.4 cm³/mol. The maximum Gasteiger partial charge on any atom is 0.229 e. The van der Waals surface area contributed by atoms with Crippen molar-refractivity contribution in [3.8, 4) is 0 Å². The SMILES string of the molecule is CNc1nc(Cl)nc(NC2CCSCC2)n1. The zero-order valence-corrected chi connectivity index (χ0v) is 10.6. The van der Waals surface area contributed by atoms with Gasteiger partial charge in [0.1, 0.15) is 0 Å². The number of hydrogen-bond acceptors (Lipinski definition) is 6. The highest BCUT2D eigenvalue weighted by Crippen LogP contribution is 2.20. The van der Waals surface area contributed by atoms with Gasteiger partial charge in [0.25, 0.3) is 0 Å². The number of rotatable bonds is 3. The summed E-state index contributed by atoms with van der Waals surface area (Å²) in [6.45, 7) is 0. The molecule has 2 N–H and O–H groups in total. The van der Waals surface area contributed by atoms with E-state index in [4.69, 9.17) is 11.6 Å². The molecule has 0 saturated carbocycles. The van der Waals surface area contributed by atoms with Crippen molar-refractivity contribution in [3.05, 3.63) is 5.28 Å². The zero-order chi connectivity index (χ0) is 11.4. The van der Waals surface area contributed by atoms with E-state index in [-0.39, 0.29) is 5.28 Å². The number of aromatic nitrogens is 3. The molecular formula is C9H14ClN5S. The molecule has 1 aromatic rings. The Kier molecular flexibility index (Phi) is 4.06. The van der Waals surface area contributed by atoms with Crippen LogP contribution in [0, 0.1) is 0 Å². The van der Waals surface area contributed by atoms with Gasteiger partial charge < -0.3 is 10.6 Å². The molecule has 0 amide bonds. The van der Waals surface area contributed by atoms with Crippen molar-refractivity contribution < 1.29 is 0 Å². The molecule has 88 valence electrons. The molecular weight excluding hydrogens is 246 g/mol. The van der Waals surface area contributed by atoms with Crippen molar-refractivity contribution >= 4 is 35.3 Å². The topological polar surface area (TPSA) is 62.7 Å². The molecule has 0 atom stereocenters. The Morgan fingerprint density at radius 2 is 1.88 bits per heavy atom. The van der Waals surface area contributed by atoms with Crippen LogP contribution >= 0.6 is 23.4 Å². The average molecular weight is 260 g/mol. The van der Waals surface area contributed by atoms with Gasteiger partial charge in [-0.2, -0.15) is 26.7 Å². The lowest BCUT2D eigenvalue weighted by Crippen LogP contribution is -2.25. The molecule has 1 fully saturated rings. The summed E-state index contributed by atoms with van der Waals surface area (Å²) in [5.74, 6) is 3.43. The largest absolute Gasteiger partial charge is 0.357 e. The van der Waals surface area contributed by atoms with Gasteiger partial charge in [-0.3, -0.25) is 0 Å². The highest BCUT2D eigenvalue weighted by Gasteiger charge is 2.15. The standard InChI is InChI=1S/C9H14ClN5S/c1-11-8-13-7(10)14-9(15-8)12-6-2-4-16-5-3-6/h6H,2-5H2,1H3,(H2,11,12,13,14,15). The minimum atomic E-state index is 0.215. The van der Waals surface area contributed by atoms with Gasteiger partial charge in [0.05, 0.1) is 0 Å². The van der Waals surface area contributed by atoms with E-state index >= 15 is 0 Å². The van der Waals surface area contributed by atoms with E-state index in [1.807, 2.05) is 11.8 Å². The fourth-order valence-corrected chi connectivity index (χ4v) is 2.82. The van der Waals surface area contributed by atoms with Crippen LogP contribution in [0.4, 0.5) is 11.9 Å². The van der Waals surface area contributed by atoms with Gasteiger partial charge in [-0.1, -0.05) is 0 Å². The van der Waals surface area contributed by atoms with E-state index in [0.29, 0.717) is 17.9 Å². The number of nitrogens with zero attached hydrogens (tertiary/aromatic N) is 3. The summed E-state index contributed by atoms with van der Waals surface area (Å²) < 4.78 is 0. The number of halogens is 1. The normalized spacial score (nSPS) is 17.1. The number of hydrogen-bond donors (Lipinski definition) is 2. The third-order valence-corrected chi connectivity index (χ3v) is 3.60. The molecule has 2 rings (SSSR count). The third-order valence-electron chi connectivity index (χ3n) is 2.39. The van der Waals surface area contributed by atoms with Crippen LogP contribution in [-0.2, 0) is 0 Å². The quantitative estimate of drug-likeness (QED) is 0.864. The molecule has 16 heavy (non-hydrogen) atoms. The molecule has 1 aromatic heterocycles. The van der Waals surface area contributed by atoms with E-state index in [0.717, 1.165) is 12.8 Å². The first-order valence-electron chi connectivity index (χ1n) is 5.21. The van der Waals surface area contributed by atoms with E-state index < -0.39 is 0 Å². The Labute approximate surface area is 104 Å². The monoisotopic (exact) mass is 259 g/mol. The molecule has 0 radical (unpaired) electrons. The Balaban J connectivity index is 2.04. The van der Waals surface area contributed by atoms with Crippen molar-refractivity contribution in [1.82, 2.24) is 15.0 Å². The lowest BCUT2D eigenvalue weighted by Gasteiger charge is -2.22. The van der Waals surface area contributed by atoms with Crippen LogP contribution in [-0.4, -0.2) is 39.5 Å². The molecule has 5 nitrogen and oxygen atoms in total. The number of thioether (sulfide) groups is 1. The van der Waals surface area contributed by atoms with Crippen LogP contribution in [0.15, 0.2) is 0 Å². The van der Waals surface area contributed by atoms with Gasteiger partial charge >= 0.3 is 0 Å². The summed E-state index contributed by atoms with van der Waals surface area (Å²) in [6.07, 6.45) is 2.28. The fraction of sp³-hybridized carbons (Fsp3) is 0.667. The Morgan fingerprint density at radius 1 is 1.19 bits per heavy atom. The van der Waals surface area contributed by atoms with Crippen molar-refractivity contribution in [3.63, 3.8) is 0 Å². The second-order valence-electron chi connectivity index (χ2n) is 3.53. The molecule has 1 aliphatic rings. The summed E-state index contributed by atoms with van der Waals surface area (Å²) in [4.78, 5) is 12.2. The van der Waals surface area contributed by atoms with E-state index in [2.05, 4.69) is 25.6 Å². The van der Waals surface area contributed by atoms with Crippen molar-refractivity contribution in [2.75, 3.05) is 29.2 Å². The first-order chi connectivity index (χ1) is 7.78. The van der Waals surface area contributed by atoms with E-state index in [9.17, 15) is 0 Å². The molecule has 7 heteroatoms. The summed E-state index contributed by atoms with van der Waals surface area (Å²) in [7, 11) is 1.76. The van der Waals surface area contributed by atoms with Crippen LogP contribution in [0.2, 0.25) is 5.28 Å². The Bertz CT molecular complexity index is 356. The average Bonchev–Trinajstić information content (AvgIpc) is 2.29. The first kappa shape index (κ1) is 11.7. The third kappa shape index (κ3) is 3.12. The lowest BCUT2D eigenvalue weighted by molar-refractivity contribution is 0.659. The van der Waals surface area contributed by atoms with Crippen LogP contribution < -0.4 is 10.6 Å². The Morgan fingerprint density at radius 3 is 2.56 bits per heavy atom. The highest BCUT2D eigenvalue weighted by molar-refractivity contribution is 7.99. The molecule has 2 heterocycles. The maximum absolute atomic E-state index is 5.80. The summed E-state index contributed by atoms with van der Waals surface area (Å²) in [5.41, 5.74) is 0. The molecule has 1 aliphatic heterocycles. The summed E-state index contributed by atoms with van der Waals surface area (Å²) >= 11 is 7.79. The van der Waals surface area contributed by atoms with Crippen LogP contribution in [0.5, 0.6) is 0 Å². The molecule has 0 aliphatic carbocycles. The smallest absolute Gasteiger partial charge is 0.229 e. The molecule has 0 unspecified atom stereocenters. The van der Waals surface area contributed by atoms with Gasteiger partial charge in [0.2, 0.25) is 17.2 Å². The first-order valence-corrected chi connectivity index (χ1v) is 6.75. The molecule has 1 saturated heterocycles. The van der Waals surface area contributed by atoms with Crippen LogP contribution in [0.25, 0.3) is 0 Å². The Hall–Kier alpha value is -0.750. The minimum Gasteiger partial charge on any atom is -0.357 e. The molecule has 0 spiro atoms. The van der Waals surface area contributed by atoms with Gasteiger partial charge in [-0.05, 0) is 35.9 Å². The summed E-state index contributed by atoms with van der Waals surface area (Å²) in [5, 5.41) is 6.37. The molecule has 0 bridgehead atoms. The maximum atomic E-state index is 5.80. The minimum absolute atomic E-state index is 0.215. The summed E-state index contributed by atoms with van der Waals surface area (Å²) in [6, 6.07) is 0.449. The van der Waals surface area contributed by atoms with Gasteiger partial charge in [0.15, 0.2) is 0 Å². The predicted octanol–water partition coefficient (Wildman–Crippen LogP) is 1.87. The highest BCUT2D eigenvalue weighted by atomic mass is 35.5. The second-order valence-corrected chi connectivity index (χ2v) is 5.10. The zero-order valence-electron chi connectivity index (χ0n) is 9.03. The van der Waals surface area contributed by atoms with Crippen molar-refractivity contribution in [1.29, 1.82) is 0 Å². The lowest BCUT2D eigenvalue weighted by atomic mass is 10.2. The van der Waals surface area contributed by atoms with Gasteiger partial charge in [-0.15, -0.1) is 0 Å². The van der Waals surface area contributed by atoms with E-state index in [1.165, 1.54) is 11.5 Å². The van der Waals surface area contributed by atoms with Crippen molar-refractivity contribution in [2.45, 2.75) is 18.9 Å². The van der Waals surface area contributed by atoms with Crippen molar-refractivity contribution in [2.24, 2.45) is 0 Å². The second kappa shape index (κ2) is 5.54. The van der Waals surface area contributed by atoms with Gasteiger partial charge in [0, 0.05) is 13.1 Å².